The van der Waals surface area contributed by atoms with E-state index in [4.69, 9.17) is 4.99 Å². The number of hydrogen-bond donors (Lipinski definition) is 1. The van der Waals surface area contributed by atoms with Gasteiger partial charge in [-0.05, 0) is 31.7 Å². The number of thioether (sulfide) groups is 1. The Morgan fingerprint density at radius 3 is 2.96 bits per heavy atom. The smallest absolute Gasteiger partial charge is 0.250 e. The number of guanidine groups is 1. The van der Waals surface area contributed by atoms with E-state index in [-0.39, 0.29) is 5.56 Å². The van der Waals surface area contributed by atoms with Crippen LogP contribution in [0.1, 0.15) is 33.6 Å². The lowest BCUT2D eigenvalue weighted by molar-refractivity contribution is 0.380. The average Bonchev–Trinajstić information content (AvgIpc) is 2.62. The molecule has 1 atom stereocenters. The summed E-state index contributed by atoms with van der Waals surface area (Å²) in [4.78, 5) is 18.9. The number of unbranched alkanes of at least 4 members (excludes halogenated alkanes) is 1. The molecule has 0 spiro atoms. The standard InChI is InChI=1S/C19H32N4OS/c1-4-20-19(23-13-14-25-17(15-23)16(2)3)21-10-6-8-12-22-11-7-5-9-18(22)24/h5,7,9,11,16-17H,4,6,8,10,12-15H2,1-3H3,(H,20,21). The molecule has 1 aromatic rings. The van der Waals surface area contributed by atoms with Crippen molar-refractivity contribution < 1.29 is 0 Å². The van der Waals surface area contributed by atoms with Gasteiger partial charge in [-0.2, -0.15) is 11.8 Å². The second-order valence-electron chi connectivity index (χ2n) is 6.77. The predicted molar refractivity (Wildman–Crippen MR) is 109 cm³/mol. The molecule has 2 heterocycles. The van der Waals surface area contributed by atoms with E-state index in [1.165, 1.54) is 5.75 Å². The van der Waals surface area contributed by atoms with E-state index in [2.05, 4.69) is 42.7 Å². The molecule has 1 N–H and O–H groups in total. The Hall–Kier alpha value is -1.43. The van der Waals surface area contributed by atoms with Gasteiger partial charge in [-0.15, -0.1) is 0 Å². The highest BCUT2D eigenvalue weighted by atomic mass is 32.2. The Kier molecular flexibility index (Phi) is 8.38. The quantitative estimate of drug-likeness (QED) is 0.459. The molecular formula is C19H32N4OS. The molecule has 1 unspecified atom stereocenters. The zero-order chi connectivity index (χ0) is 18.1. The van der Waals surface area contributed by atoms with Crippen LogP contribution in [0.3, 0.4) is 0 Å². The molecule has 140 valence electrons. The van der Waals surface area contributed by atoms with E-state index >= 15 is 0 Å². The highest BCUT2D eigenvalue weighted by Gasteiger charge is 2.24. The fourth-order valence-corrected chi connectivity index (χ4v) is 4.22. The van der Waals surface area contributed by atoms with E-state index in [9.17, 15) is 4.79 Å². The van der Waals surface area contributed by atoms with E-state index < -0.39 is 0 Å². The van der Waals surface area contributed by atoms with Crippen LogP contribution >= 0.6 is 11.8 Å². The van der Waals surface area contributed by atoms with Gasteiger partial charge in [0.2, 0.25) is 5.56 Å². The van der Waals surface area contributed by atoms with Gasteiger partial charge >= 0.3 is 0 Å². The summed E-state index contributed by atoms with van der Waals surface area (Å²) in [5, 5.41) is 4.12. The highest BCUT2D eigenvalue weighted by molar-refractivity contribution is 8.00. The minimum absolute atomic E-state index is 0.0740. The number of nitrogens with zero attached hydrogens (tertiary/aromatic N) is 3. The molecule has 5 nitrogen and oxygen atoms in total. The Bertz CT molecular complexity index is 599. The van der Waals surface area contributed by atoms with E-state index in [0.29, 0.717) is 11.2 Å². The summed E-state index contributed by atoms with van der Waals surface area (Å²) in [5.74, 6) is 2.91. The third kappa shape index (κ3) is 6.42. The van der Waals surface area contributed by atoms with Crippen LogP contribution in [0.4, 0.5) is 0 Å². The van der Waals surface area contributed by atoms with Crippen molar-refractivity contribution >= 4 is 17.7 Å². The molecule has 0 radical (unpaired) electrons. The Morgan fingerprint density at radius 1 is 1.40 bits per heavy atom. The first-order valence-corrected chi connectivity index (χ1v) is 10.5. The van der Waals surface area contributed by atoms with Crippen molar-refractivity contribution in [1.29, 1.82) is 0 Å². The van der Waals surface area contributed by atoms with Crippen LogP contribution in [-0.4, -0.2) is 52.6 Å². The summed E-state index contributed by atoms with van der Waals surface area (Å²) in [6, 6.07) is 5.30. The van der Waals surface area contributed by atoms with Gasteiger partial charge in [-0.3, -0.25) is 9.79 Å². The topological polar surface area (TPSA) is 49.6 Å². The molecule has 6 heteroatoms. The first kappa shape index (κ1) is 19.9. The third-order valence-electron chi connectivity index (χ3n) is 4.44. The summed E-state index contributed by atoms with van der Waals surface area (Å²) in [6.07, 6.45) is 3.82. The number of rotatable bonds is 7. The molecule has 1 aliphatic rings. The van der Waals surface area contributed by atoms with Crippen molar-refractivity contribution in [3.63, 3.8) is 0 Å². The average molecular weight is 365 g/mol. The van der Waals surface area contributed by atoms with Crippen molar-refractivity contribution in [3.8, 4) is 0 Å². The zero-order valence-electron chi connectivity index (χ0n) is 15.8. The first-order valence-electron chi connectivity index (χ1n) is 9.42. The molecule has 1 aromatic heterocycles. The van der Waals surface area contributed by atoms with Crippen LogP contribution < -0.4 is 10.9 Å². The third-order valence-corrected chi connectivity index (χ3v) is 5.98. The van der Waals surface area contributed by atoms with Crippen LogP contribution in [0, 0.1) is 5.92 Å². The Morgan fingerprint density at radius 2 is 2.24 bits per heavy atom. The van der Waals surface area contributed by atoms with Crippen LogP contribution in [0.25, 0.3) is 0 Å². The number of pyridine rings is 1. The highest BCUT2D eigenvalue weighted by Crippen LogP contribution is 2.24. The van der Waals surface area contributed by atoms with Crippen molar-refractivity contribution in [2.24, 2.45) is 10.9 Å². The Balaban J connectivity index is 1.83. The molecule has 0 aliphatic carbocycles. The molecule has 1 saturated heterocycles. The molecule has 25 heavy (non-hydrogen) atoms. The number of hydrogen-bond acceptors (Lipinski definition) is 3. The lowest BCUT2D eigenvalue weighted by Gasteiger charge is -2.36. The second kappa shape index (κ2) is 10.5. The van der Waals surface area contributed by atoms with Crippen LogP contribution in [-0.2, 0) is 6.54 Å². The van der Waals surface area contributed by atoms with Gasteiger partial charge in [-0.25, -0.2) is 0 Å². The van der Waals surface area contributed by atoms with Crippen LogP contribution in [0.5, 0.6) is 0 Å². The molecule has 0 amide bonds. The summed E-state index contributed by atoms with van der Waals surface area (Å²) in [7, 11) is 0. The molecule has 0 saturated carbocycles. The van der Waals surface area contributed by atoms with E-state index in [0.717, 1.165) is 51.5 Å². The van der Waals surface area contributed by atoms with Gasteiger partial charge in [0, 0.05) is 56.0 Å². The maximum Gasteiger partial charge on any atom is 0.250 e. The van der Waals surface area contributed by atoms with Gasteiger partial charge in [-0.1, -0.05) is 19.9 Å². The maximum atomic E-state index is 11.7. The first-order chi connectivity index (χ1) is 12.1. The van der Waals surface area contributed by atoms with Crippen molar-refractivity contribution in [2.45, 2.75) is 45.4 Å². The Labute approximate surface area is 155 Å². The fraction of sp³-hybridized carbons (Fsp3) is 0.684. The van der Waals surface area contributed by atoms with Crippen LogP contribution in [0.2, 0.25) is 0 Å². The SMILES string of the molecule is CCNC(=NCCCCn1ccccc1=O)N1CCSC(C(C)C)C1. The van der Waals surface area contributed by atoms with Crippen LogP contribution in [0.15, 0.2) is 34.2 Å². The largest absolute Gasteiger partial charge is 0.357 e. The minimum atomic E-state index is 0.0740. The molecule has 2 rings (SSSR count). The normalized spacial score (nSPS) is 18.6. The summed E-state index contributed by atoms with van der Waals surface area (Å²) < 4.78 is 1.77. The van der Waals surface area contributed by atoms with Crippen molar-refractivity contribution in [2.75, 3.05) is 31.9 Å². The fourth-order valence-electron chi connectivity index (χ4n) is 2.92. The lowest BCUT2D eigenvalue weighted by Crippen LogP contribution is -2.49. The van der Waals surface area contributed by atoms with Gasteiger partial charge < -0.3 is 14.8 Å². The van der Waals surface area contributed by atoms with E-state index in [1.54, 1.807) is 16.7 Å². The molecule has 0 aromatic carbocycles. The molecular weight excluding hydrogens is 332 g/mol. The van der Waals surface area contributed by atoms with E-state index in [1.807, 2.05) is 12.3 Å². The van der Waals surface area contributed by atoms with Gasteiger partial charge in [0.15, 0.2) is 5.96 Å². The zero-order valence-corrected chi connectivity index (χ0v) is 16.6. The minimum Gasteiger partial charge on any atom is -0.357 e. The lowest BCUT2D eigenvalue weighted by atomic mass is 10.1. The number of nitrogens with one attached hydrogen (secondary N) is 1. The summed E-state index contributed by atoms with van der Waals surface area (Å²) in [5.41, 5.74) is 0.0740. The number of aromatic nitrogens is 1. The predicted octanol–water partition coefficient (Wildman–Crippen LogP) is 2.67. The van der Waals surface area contributed by atoms with Crippen molar-refractivity contribution in [1.82, 2.24) is 14.8 Å². The number of aliphatic imine (C=N–C) groups is 1. The summed E-state index contributed by atoms with van der Waals surface area (Å²) >= 11 is 2.08. The van der Waals surface area contributed by atoms with Gasteiger partial charge in [0.05, 0.1) is 0 Å². The maximum absolute atomic E-state index is 11.7. The molecule has 0 bridgehead atoms. The monoisotopic (exact) mass is 364 g/mol. The summed E-state index contributed by atoms with van der Waals surface area (Å²) in [6.45, 7) is 11.3. The molecule has 1 fully saturated rings. The number of aryl methyl sites for hydroxylation is 1. The van der Waals surface area contributed by atoms with Gasteiger partial charge in [0.25, 0.3) is 0 Å². The van der Waals surface area contributed by atoms with Crippen molar-refractivity contribution in [3.05, 3.63) is 34.7 Å². The molecule has 1 aliphatic heterocycles. The second-order valence-corrected chi connectivity index (χ2v) is 8.12. The van der Waals surface area contributed by atoms with Gasteiger partial charge in [0.1, 0.15) is 0 Å².